The summed E-state index contributed by atoms with van der Waals surface area (Å²) in [6.07, 6.45) is 0. The van der Waals surface area contributed by atoms with Crippen LogP contribution in [0.3, 0.4) is 0 Å². The van der Waals surface area contributed by atoms with Crippen molar-refractivity contribution in [2.24, 2.45) is 0 Å². The number of ether oxygens (including phenoxy) is 1. The van der Waals surface area contributed by atoms with Crippen LogP contribution in [0.25, 0.3) is 10.2 Å². The second kappa shape index (κ2) is 6.64. The first-order chi connectivity index (χ1) is 10.7. The summed E-state index contributed by atoms with van der Waals surface area (Å²) in [6.45, 7) is 0.105. The molecule has 0 saturated heterocycles. The Balaban J connectivity index is 1.52. The van der Waals surface area contributed by atoms with Gasteiger partial charge in [0.2, 0.25) is 5.91 Å². The number of halogens is 1. The predicted molar refractivity (Wildman–Crippen MR) is 84.3 cm³/mol. The Hall–Kier alpha value is -2.31. The van der Waals surface area contributed by atoms with Gasteiger partial charge in [-0.25, -0.2) is 9.37 Å². The number of carbonyl (C=O) groups excluding carboxylic acids is 1. The van der Waals surface area contributed by atoms with Crippen molar-refractivity contribution < 1.29 is 13.9 Å². The normalized spacial score (nSPS) is 10.8. The molecule has 1 aromatic heterocycles. The molecule has 1 amide bonds. The lowest BCUT2D eigenvalue weighted by atomic mass is 10.3. The Kier molecular flexibility index (Phi) is 4.41. The maximum absolute atomic E-state index is 13.4. The molecule has 0 atom stereocenters. The van der Waals surface area contributed by atoms with Gasteiger partial charge in [0.15, 0.2) is 0 Å². The van der Waals surface area contributed by atoms with Gasteiger partial charge < -0.3 is 10.1 Å². The minimum atomic E-state index is -0.470. The third kappa shape index (κ3) is 3.47. The molecule has 2 aromatic carbocycles. The summed E-state index contributed by atoms with van der Waals surface area (Å²) in [5, 5.41) is 3.27. The highest BCUT2D eigenvalue weighted by Crippen LogP contribution is 2.21. The molecule has 1 N–H and O–H groups in total. The molecule has 3 aromatic rings. The highest BCUT2D eigenvalue weighted by molar-refractivity contribution is 7.18. The Morgan fingerprint density at radius 3 is 2.77 bits per heavy atom. The topological polar surface area (TPSA) is 51.2 Å². The number of hydrogen-bond donors (Lipinski definition) is 1. The largest absolute Gasteiger partial charge is 0.364 e. The number of benzene rings is 2. The fourth-order valence-electron chi connectivity index (χ4n) is 1.96. The zero-order chi connectivity index (χ0) is 15.4. The molecule has 0 aliphatic rings. The van der Waals surface area contributed by atoms with E-state index in [1.807, 2.05) is 24.3 Å². The Morgan fingerprint density at radius 2 is 1.95 bits per heavy atom. The van der Waals surface area contributed by atoms with Gasteiger partial charge in [-0.1, -0.05) is 24.3 Å². The summed E-state index contributed by atoms with van der Waals surface area (Å²) in [7, 11) is 0. The maximum Gasteiger partial charge on any atom is 0.250 e. The summed E-state index contributed by atoms with van der Waals surface area (Å²) in [4.78, 5) is 16.1. The van der Waals surface area contributed by atoms with Crippen LogP contribution in [0.5, 0.6) is 0 Å². The van der Waals surface area contributed by atoms with E-state index in [-0.39, 0.29) is 18.9 Å². The van der Waals surface area contributed by atoms with Crippen molar-refractivity contribution in [2.75, 3.05) is 11.9 Å². The first-order valence-corrected chi connectivity index (χ1v) is 7.50. The molecule has 22 heavy (non-hydrogen) atoms. The van der Waals surface area contributed by atoms with Crippen LogP contribution in [0, 0.1) is 5.82 Å². The molecule has 3 rings (SSSR count). The van der Waals surface area contributed by atoms with Gasteiger partial charge in [0, 0.05) is 0 Å². The molecule has 0 unspecified atom stereocenters. The number of nitrogens with one attached hydrogen (secondary N) is 1. The third-order valence-electron chi connectivity index (χ3n) is 2.94. The lowest BCUT2D eigenvalue weighted by molar-refractivity contribution is -0.121. The molecular formula is C16H13FN2O2S. The Labute approximate surface area is 130 Å². The molecule has 1 heterocycles. The molecule has 0 radical (unpaired) electrons. The number of amides is 1. The lowest BCUT2D eigenvalue weighted by Gasteiger charge is -2.06. The van der Waals surface area contributed by atoms with E-state index >= 15 is 0 Å². The standard InChI is InChI=1S/C16H13FN2O2S/c17-11-5-1-2-6-12(11)18-15(20)9-21-10-16-19-13-7-3-4-8-14(13)22-16/h1-8H,9-10H2,(H,18,20). The molecule has 0 saturated carbocycles. The maximum atomic E-state index is 13.4. The van der Waals surface area contributed by atoms with Crippen LogP contribution in [0.2, 0.25) is 0 Å². The molecular weight excluding hydrogens is 303 g/mol. The second-order valence-electron chi connectivity index (χ2n) is 4.60. The number of hydrogen-bond acceptors (Lipinski definition) is 4. The Morgan fingerprint density at radius 1 is 1.18 bits per heavy atom. The minimum absolute atomic E-state index is 0.149. The first kappa shape index (κ1) is 14.6. The highest BCUT2D eigenvalue weighted by atomic mass is 32.1. The number of nitrogens with zero attached hydrogens (tertiary/aromatic N) is 1. The van der Waals surface area contributed by atoms with E-state index in [4.69, 9.17) is 4.74 Å². The number of rotatable bonds is 5. The fraction of sp³-hybridized carbons (Fsp3) is 0.125. The van der Waals surface area contributed by atoms with Crippen LogP contribution in [-0.4, -0.2) is 17.5 Å². The van der Waals surface area contributed by atoms with Gasteiger partial charge in [0.1, 0.15) is 17.4 Å². The lowest BCUT2D eigenvalue weighted by Crippen LogP contribution is -2.18. The zero-order valence-corrected chi connectivity index (χ0v) is 12.4. The van der Waals surface area contributed by atoms with Crippen LogP contribution in [-0.2, 0) is 16.1 Å². The van der Waals surface area contributed by atoms with Crippen molar-refractivity contribution in [1.29, 1.82) is 0 Å². The van der Waals surface area contributed by atoms with Gasteiger partial charge in [-0.15, -0.1) is 11.3 Å². The van der Waals surface area contributed by atoms with Gasteiger partial charge in [-0.2, -0.15) is 0 Å². The van der Waals surface area contributed by atoms with Crippen molar-refractivity contribution in [3.8, 4) is 0 Å². The van der Waals surface area contributed by atoms with E-state index in [9.17, 15) is 9.18 Å². The average molecular weight is 316 g/mol. The van der Waals surface area contributed by atoms with Crippen molar-refractivity contribution in [3.05, 3.63) is 59.4 Å². The van der Waals surface area contributed by atoms with Crippen LogP contribution >= 0.6 is 11.3 Å². The van der Waals surface area contributed by atoms with E-state index in [0.29, 0.717) is 0 Å². The minimum Gasteiger partial charge on any atom is -0.364 e. The van der Waals surface area contributed by atoms with E-state index in [2.05, 4.69) is 10.3 Å². The number of carbonyl (C=O) groups is 1. The van der Waals surface area contributed by atoms with Crippen LogP contribution in [0.15, 0.2) is 48.5 Å². The number of fused-ring (bicyclic) bond motifs is 1. The number of aromatic nitrogens is 1. The monoisotopic (exact) mass is 316 g/mol. The number of para-hydroxylation sites is 2. The van der Waals surface area contributed by atoms with Gasteiger partial charge in [-0.3, -0.25) is 4.79 Å². The number of anilines is 1. The summed E-state index contributed by atoms with van der Waals surface area (Å²) < 4.78 is 19.8. The van der Waals surface area contributed by atoms with E-state index < -0.39 is 11.7 Å². The van der Waals surface area contributed by atoms with Crippen molar-refractivity contribution in [3.63, 3.8) is 0 Å². The SMILES string of the molecule is O=C(COCc1nc2ccccc2s1)Nc1ccccc1F. The van der Waals surface area contributed by atoms with E-state index in [1.165, 1.54) is 23.5 Å². The third-order valence-corrected chi connectivity index (χ3v) is 3.95. The number of thiazole rings is 1. The summed E-state index contributed by atoms with van der Waals surface area (Å²) in [5.74, 6) is -0.867. The molecule has 0 fully saturated rings. The first-order valence-electron chi connectivity index (χ1n) is 6.69. The molecule has 6 heteroatoms. The molecule has 4 nitrogen and oxygen atoms in total. The van der Waals surface area contributed by atoms with E-state index in [1.54, 1.807) is 12.1 Å². The molecule has 112 valence electrons. The predicted octanol–water partition coefficient (Wildman–Crippen LogP) is 3.59. The van der Waals surface area contributed by atoms with Gasteiger partial charge in [0.05, 0.1) is 22.5 Å². The molecule has 0 aliphatic carbocycles. The Bertz CT molecular complexity index is 770. The van der Waals surface area contributed by atoms with Crippen LogP contribution in [0.1, 0.15) is 5.01 Å². The van der Waals surface area contributed by atoms with Crippen molar-refractivity contribution in [1.82, 2.24) is 4.98 Å². The van der Waals surface area contributed by atoms with E-state index in [0.717, 1.165) is 15.2 Å². The quantitative estimate of drug-likeness (QED) is 0.782. The average Bonchev–Trinajstić information content (AvgIpc) is 2.92. The smallest absolute Gasteiger partial charge is 0.250 e. The summed E-state index contributed by atoms with van der Waals surface area (Å²) >= 11 is 1.53. The second-order valence-corrected chi connectivity index (χ2v) is 5.71. The molecule has 0 aliphatic heterocycles. The van der Waals surface area contributed by atoms with Gasteiger partial charge in [0.25, 0.3) is 0 Å². The molecule has 0 bridgehead atoms. The van der Waals surface area contributed by atoms with Crippen molar-refractivity contribution >= 4 is 33.1 Å². The van der Waals surface area contributed by atoms with Gasteiger partial charge in [-0.05, 0) is 24.3 Å². The molecule has 0 spiro atoms. The fourth-order valence-corrected chi connectivity index (χ4v) is 2.87. The van der Waals surface area contributed by atoms with Gasteiger partial charge >= 0.3 is 0 Å². The summed E-state index contributed by atoms with van der Waals surface area (Å²) in [6, 6.07) is 13.8. The van der Waals surface area contributed by atoms with Crippen LogP contribution < -0.4 is 5.32 Å². The summed E-state index contributed by atoms with van der Waals surface area (Å²) in [5.41, 5.74) is 1.07. The zero-order valence-electron chi connectivity index (χ0n) is 11.6. The van der Waals surface area contributed by atoms with Crippen LogP contribution in [0.4, 0.5) is 10.1 Å². The van der Waals surface area contributed by atoms with Crippen molar-refractivity contribution in [2.45, 2.75) is 6.61 Å². The highest BCUT2D eigenvalue weighted by Gasteiger charge is 2.08.